The number of amides is 1. The zero-order valence-corrected chi connectivity index (χ0v) is 16.2. The lowest BCUT2D eigenvalue weighted by atomic mass is 9.45. The summed E-state index contributed by atoms with van der Waals surface area (Å²) >= 11 is 0. The smallest absolute Gasteiger partial charge is 0.309 e. The standard InChI is InChI=1S/C21H33NO3/c1-19-10-9-17(23)22(4)16(19)6-5-13-14(19)7-11-20(2)15(13)8-12-21(20,3)18(24)25/h13-16H,5-12H2,1-4H3,(H,24,25)/t13-,14-,15+,16?,19-,20+,21?/m1/s1. The van der Waals surface area contributed by atoms with Gasteiger partial charge in [0, 0.05) is 19.5 Å². The van der Waals surface area contributed by atoms with E-state index in [1.807, 2.05) is 18.9 Å². The highest BCUT2D eigenvalue weighted by Gasteiger charge is 2.66. The fourth-order valence-electron chi connectivity index (χ4n) is 7.77. The first-order valence-electron chi connectivity index (χ1n) is 10.1. The van der Waals surface area contributed by atoms with Gasteiger partial charge in [-0.3, -0.25) is 9.59 Å². The predicted octanol–water partition coefficient (Wildman–Crippen LogP) is 3.94. The molecule has 140 valence electrons. The van der Waals surface area contributed by atoms with Gasteiger partial charge in [-0.05, 0) is 80.5 Å². The maximum Gasteiger partial charge on any atom is 0.309 e. The van der Waals surface area contributed by atoms with Crippen LogP contribution in [0.5, 0.6) is 0 Å². The van der Waals surface area contributed by atoms with E-state index in [1.165, 1.54) is 6.42 Å². The molecule has 4 heteroatoms. The Labute approximate surface area is 151 Å². The largest absolute Gasteiger partial charge is 0.481 e. The Hall–Kier alpha value is -1.06. The fourth-order valence-corrected chi connectivity index (χ4v) is 7.77. The van der Waals surface area contributed by atoms with Crippen molar-refractivity contribution in [2.45, 2.75) is 78.2 Å². The molecule has 0 radical (unpaired) electrons. The Morgan fingerprint density at radius 3 is 2.40 bits per heavy atom. The number of carboxylic acids is 1. The first-order valence-corrected chi connectivity index (χ1v) is 10.1. The second kappa shape index (κ2) is 5.23. The number of fused-ring (bicyclic) bond motifs is 5. The summed E-state index contributed by atoms with van der Waals surface area (Å²) in [4.78, 5) is 26.3. The van der Waals surface area contributed by atoms with E-state index in [2.05, 4.69) is 13.8 Å². The Bertz CT molecular complexity index is 618. The molecule has 0 aromatic carbocycles. The Kier molecular flexibility index (Phi) is 3.63. The number of nitrogens with zero attached hydrogens (tertiary/aromatic N) is 1. The summed E-state index contributed by atoms with van der Waals surface area (Å²) in [7, 11) is 1.99. The van der Waals surface area contributed by atoms with Gasteiger partial charge < -0.3 is 10.0 Å². The molecule has 25 heavy (non-hydrogen) atoms. The number of carbonyl (C=O) groups excluding carboxylic acids is 1. The highest BCUT2D eigenvalue weighted by Crippen LogP contribution is 2.69. The average Bonchev–Trinajstić information content (AvgIpc) is 2.84. The van der Waals surface area contributed by atoms with Crippen molar-refractivity contribution in [3.8, 4) is 0 Å². The molecule has 0 bridgehead atoms. The fraction of sp³-hybridized carbons (Fsp3) is 0.905. The van der Waals surface area contributed by atoms with Crippen LogP contribution in [0.3, 0.4) is 0 Å². The Morgan fingerprint density at radius 2 is 1.72 bits per heavy atom. The number of carbonyl (C=O) groups is 2. The number of hydrogen-bond donors (Lipinski definition) is 1. The molecule has 0 spiro atoms. The van der Waals surface area contributed by atoms with Gasteiger partial charge in [0.1, 0.15) is 0 Å². The monoisotopic (exact) mass is 347 g/mol. The van der Waals surface area contributed by atoms with Crippen molar-refractivity contribution in [2.24, 2.45) is 34.0 Å². The molecule has 3 saturated carbocycles. The number of aliphatic carboxylic acids is 1. The van der Waals surface area contributed by atoms with Crippen LogP contribution in [-0.4, -0.2) is 35.0 Å². The molecule has 4 fully saturated rings. The van der Waals surface area contributed by atoms with Gasteiger partial charge >= 0.3 is 5.97 Å². The lowest BCUT2D eigenvalue weighted by Crippen LogP contribution is -2.62. The molecule has 4 nitrogen and oxygen atoms in total. The quantitative estimate of drug-likeness (QED) is 0.781. The maximum absolute atomic E-state index is 12.2. The van der Waals surface area contributed by atoms with E-state index >= 15 is 0 Å². The third-order valence-electron chi connectivity index (χ3n) is 9.63. The maximum atomic E-state index is 12.2. The van der Waals surface area contributed by atoms with Crippen LogP contribution >= 0.6 is 0 Å². The molecule has 4 aliphatic rings. The van der Waals surface area contributed by atoms with Gasteiger partial charge in [-0.1, -0.05) is 13.8 Å². The van der Waals surface area contributed by atoms with Crippen LogP contribution in [0.4, 0.5) is 0 Å². The van der Waals surface area contributed by atoms with Crippen molar-refractivity contribution in [3.05, 3.63) is 0 Å². The minimum absolute atomic E-state index is 0.0699. The van der Waals surface area contributed by atoms with Gasteiger partial charge in [0.05, 0.1) is 5.41 Å². The minimum Gasteiger partial charge on any atom is -0.481 e. The molecule has 1 aliphatic heterocycles. The van der Waals surface area contributed by atoms with Crippen molar-refractivity contribution in [1.82, 2.24) is 4.90 Å². The minimum atomic E-state index is -0.598. The zero-order valence-electron chi connectivity index (χ0n) is 16.2. The van der Waals surface area contributed by atoms with E-state index in [9.17, 15) is 14.7 Å². The molecular formula is C21H33NO3. The lowest BCUT2D eigenvalue weighted by molar-refractivity contribution is -0.171. The molecule has 1 amide bonds. The van der Waals surface area contributed by atoms with Gasteiger partial charge in [-0.15, -0.1) is 0 Å². The van der Waals surface area contributed by atoms with Crippen LogP contribution in [0.25, 0.3) is 0 Å². The third-order valence-corrected chi connectivity index (χ3v) is 9.63. The van der Waals surface area contributed by atoms with E-state index < -0.39 is 11.4 Å². The molecule has 2 unspecified atom stereocenters. The lowest BCUT2D eigenvalue weighted by Gasteiger charge is -2.62. The Balaban J connectivity index is 1.67. The summed E-state index contributed by atoms with van der Waals surface area (Å²) in [6, 6.07) is 0.381. The van der Waals surface area contributed by atoms with Gasteiger partial charge in [0.15, 0.2) is 0 Å². The van der Waals surface area contributed by atoms with Crippen molar-refractivity contribution in [2.75, 3.05) is 7.05 Å². The number of hydrogen-bond acceptors (Lipinski definition) is 2. The molecule has 4 rings (SSSR count). The first-order chi connectivity index (χ1) is 11.6. The van der Waals surface area contributed by atoms with Gasteiger partial charge in [0.2, 0.25) is 5.91 Å². The predicted molar refractivity (Wildman–Crippen MR) is 95.9 cm³/mol. The van der Waals surface area contributed by atoms with E-state index in [1.54, 1.807) is 0 Å². The summed E-state index contributed by atoms with van der Waals surface area (Å²) in [5.41, 5.74) is -0.422. The summed E-state index contributed by atoms with van der Waals surface area (Å²) in [5, 5.41) is 9.93. The number of rotatable bonds is 1. The molecule has 1 heterocycles. The van der Waals surface area contributed by atoms with E-state index in [4.69, 9.17) is 0 Å². The number of piperidine rings is 1. The summed E-state index contributed by atoms with van der Waals surface area (Å²) in [6.07, 6.45) is 8.01. The molecular weight excluding hydrogens is 314 g/mol. The van der Waals surface area contributed by atoms with Crippen LogP contribution in [0, 0.1) is 34.0 Å². The topological polar surface area (TPSA) is 57.6 Å². The second-order valence-electron chi connectivity index (χ2n) is 10.1. The van der Waals surface area contributed by atoms with E-state index in [0.717, 1.165) is 38.5 Å². The molecule has 7 atom stereocenters. The SMILES string of the molecule is CN1C(=O)CC[C@@]2(C)C1CC[C@@H]1[C@H]2CC[C@@]2(C)[C@H]1CCC2(C)C(=O)O. The van der Waals surface area contributed by atoms with Crippen molar-refractivity contribution in [3.63, 3.8) is 0 Å². The van der Waals surface area contributed by atoms with Gasteiger partial charge in [-0.2, -0.15) is 0 Å². The van der Waals surface area contributed by atoms with Crippen molar-refractivity contribution in [1.29, 1.82) is 0 Å². The summed E-state index contributed by atoms with van der Waals surface area (Å²) in [6.45, 7) is 6.68. The van der Waals surface area contributed by atoms with Crippen LogP contribution in [0.15, 0.2) is 0 Å². The van der Waals surface area contributed by atoms with Crippen molar-refractivity contribution < 1.29 is 14.7 Å². The van der Waals surface area contributed by atoms with Crippen molar-refractivity contribution >= 4 is 11.9 Å². The van der Waals surface area contributed by atoms with E-state index in [-0.39, 0.29) is 10.8 Å². The number of carboxylic acid groups (broad SMARTS) is 1. The molecule has 0 aromatic rings. The highest BCUT2D eigenvalue weighted by molar-refractivity contribution is 5.77. The molecule has 1 saturated heterocycles. The summed E-state index contributed by atoms with van der Waals surface area (Å²) in [5.74, 6) is 1.53. The van der Waals surface area contributed by atoms with Crippen LogP contribution in [0.2, 0.25) is 0 Å². The second-order valence-corrected chi connectivity index (χ2v) is 10.1. The highest BCUT2D eigenvalue weighted by atomic mass is 16.4. The zero-order chi connectivity index (χ0) is 18.2. The van der Waals surface area contributed by atoms with E-state index in [0.29, 0.717) is 36.1 Å². The summed E-state index contributed by atoms with van der Waals surface area (Å²) < 4.78 is 0. The van der Waals surface area contributed by atoms with Crippen LogP contribution in [-0.2, 0) is 9.59 Å². The van der Waals surface area contributed by atoms with Gasteiger partial charge in [0.25, 0.3) is 0 Å². The third kappa shape index (κ3) is 2.00. The molecule has 0 aromatic heterocycles. The molecule has 1 N–H and O–H groups in total. The van der Waals surface area contributed by atoms with Crippen LogP contribution in [0.1, 0.15) is 72.1 Å². The Morgan fingerprint density at radius 1 is 1.04 bits per heavy atom. The van der Waals surface area contributed by atoms with Crippen LogP contribution < -0.4 is 0 Å². The molecule has 3 aliphatic carbocycles. The normalized spacial score (nSPS) is 52.3. The van der Waals surface area contributed by atoms with Gasteiger partial charge in [-0.25, -0.2) is 0 Å². The first kappa shape index (κ1) is 17.4. The number of likely N-dealkylation sites (tertiary alicyclic amines) is 1. The average molecular weight is 347 g/mol.